The van der Waals surface area contributed by atoms with E-state index in [2.05, 4.69) is 10.3 Å². The highest BCUT2D eigenvalue weighted by Crippen LogP contribution is 2.17. The van der Waals surface area contributed by atoms with E-state index in [9.17, 15) is 8.42 Å². The first-order valence-corrected chi connectivity index (χ1v) is 7.54. The summed E-state index contributed by atoms with van der Waals surface area (Å²) in [6.45, 7) is 4.83. The number of ether oxygens (including phenoxy) is 1. The molecular formula is C12H21N3O3S. The molecule has 19 heavy (non-hydrogen) atoms. The van der Waals surface area contributed by atoms with Gasteiger partial charge in [0, 0.05) is 32.9 Å². The van der Waals surface area contributed by atoms with Crippen LogP contribution in [0.3, 0.4) is 0 Å². The predicted octanol–water partition coefficient (Wildman–Crippen LogP) is 1.17. The van der Waals surface area contributed by atoms with Crippen LogP contribution in [0.1, 0.15) is 13.8 Å². The standard InChI is InChI=1S/C12H21N3O3S/c1-5-13-12-7-6-11(8-14-12)19(16,17)15(3)10(2)9-18-4/h6-8,10H,5,9H2,1-4H3,(H,13,14). The van der Waals surface area contributed by atoms with Crippen molar-refractivity contribution in [3.63, 3.8) is 0 Å². The second-order valence-corrected chi connectivity index (χ2v) is 6.23. The Morgan fingerprint density at radius 3 is 2.63 bits per heavy atom. The molecule has 1 aromatic heterocycles. The third-order valence-corrected chi connectivity index (χ3v) is 4.76. The lowest BCUT2D eigenvalue weighted by Gasteiger charge is -2.23. The number of pyridine rings is 1. The number of hydrogen-bond donors (Lipinski definition) is 1. The molecule has 0 spiro atoms. The molecule has 0 aromatic carbocycles. The van der Waals surface area contributed by atoms with Gasteiger partial charge in [-0.3, -0.25) is 0 Å². The van der Waals surface area contributed by atoms with E-state index in [0.717, 1.165) is 6.54 Å². The topological polar surface area (TPSA) is 71.5 Å². The molecule has 1 heterocycles. The van der Waals surface area contributed by atoms with Gasteiger partial charge < -0.3 is 10.1 Å². The number of rotatable bonds is 7. The van der Waals surface area contributed by atoms with Crippen LogP contribution in [0, 0.1) is 0 Å². The van der Waals surface area contributed by atoms with E-state index in [0.29, 0.717) is 12.4 Å². The Morgan fingerprint density at radius 1 is 1.47 bits per heavy atom. The van der Waals surface area contributed by atoms with Crippen LogP contribution in [0.5, 0.6) is 0 Å². The molecule has 0 bridgehead atoms. The number of aromatic nitrogens is 1. The Morgan fingerprint density at radius 2 is 2.16 bits per heavy atom. The summed E-state index contributed by atoms with van der Waals surface area (Å²) in [5.74, 6) is 0.661. The summed E-state index contributed by atoms with van der Waals surface area (Å²) in [6.07, 6.45) is 1.36. The third-order valence-electron chi connectivity index (χ3n) is 2.80. The minimum atomic E-state index is -3.53. The summed E-state index contributed by atoms with van der Waals surface area (Å²) in [7, 11) is -0.445. The van der Waals surface area contributed by atoms with E-state index in [4.69, 9.17) is 4.74 Å². The highest BCUT2D eigenvalue weighted by molar-refractivity contribution is 7.89. The average Bonchev–Trinajstić information content (AvgIpc) is 2.39. The quantitative estimate of drug-likeness (QED) is 0.815. The predicted molar refractivity (Wildman–Crippen MR) is 74.7 cm³/mol. The zero-order valence-corrected chi connectivity index (χ0v) is 12.6. The summed E-state index contributed by atoms with van der Waals surface area (Å²) in [4.78, 5) is 4.25. The summed E-state index contributed by atoms with van der Waals surface area (Å²) < 4.78 is 30.9. The van der Waals surface area contributed by atoms with Crippen LogP contribution >= 0.6 is 0 Å². The molecular weight excluding hydrogens is 266 g/mol. The van der Waals surface area contributed by atoms with Crippen LogP contribution in [0.15, 0.2) is 23.2 Å². The van der Waals surface area contributed by atoms with E-state index < -0.39 is 10.0 Å². The molecule has 1 aromatic rings. The first-order chi connectivity index (χ1) is 8.93. The summed E-state index contributed by atoms with van der Waals surface area (Å²) in [5.41, 5.74) is 0. The minimum absolute atomic E-state index is 0.180. The molecule has 0 aliphatic rings. The van der Waals surface area contributed by atoms with Gasteiger partial charge in [0.05, 0.1) is 6.61 Å². The first kappa shape index (κ1) is 15.9. The van der Waals surface area contributed by atoms with E-state index >= 15 is 0 Å². The second-order valence-electron chi connectivity index (χ2n) is 4.24. The van der Waals surface area contributed by atoms with Crippen LogP contribution in [0.25, 0.3) is 0 Å². The van der Waals surface area contributed by atoms with Gasteiger partial charge in [0.2, 0.25) is 10.0 Å². The van der Waals surface area contributed by atoms with Gasteiger partial charge in [-0.1, -0.05) is 0 Å². The number of anilines is 1. The third kappa shape index (κ3) is 3.89. The van der Waals surface area contributed by atoms with Gasteiger partial charge >= 0.3 is 0 Å². The molecule has 1 N–H and O–H groups in total. The molecule has 0 aliphatic carbocycles. The van der Waals surface area contributed by atoms with Gasteiger partial charge in [0.25, 0.3) is 0 Å². The molecule has 0 aliphatic heterocycles. The molecule has 0 saturated carbocycles. The molecule has 6 nitrogen and oxygen atoms in total. The maximum Gasteiger partial charge on any atom is 0.244 e. The highest BCUT2D eigenvalue weighted by Gasteiger charge is 2.25. The zero-order chi connectivity index (χ0) is 14.5. The lowest BCUT2D eigenvalue weighted by molar-refractivity contribution is 0.149. The van der Waals surface area contributed by atoms with Crippen molar-refractivity contribution >= 4 is 15.8 Å². The molecule has 0 fully saturated rings. The number of nitrogens with one attached hydrogen (secondary N) is 1. The minimum Gasteiger partial charge on any atom is -0.383 e. The Balaban J connectivity index is 2.93. The van der Waals surface area contributed by atoms with Crippen molar-refractivity contribution in [2.24, 2.45) is 0 Å². The lowest BCUT2D eigenvalue weighted by Crippen LogP contribution is -2.37. The van der Waals surface area contributed by atoms with E-state index in [1.54, 1.807) is 26.2 Å². The van der Waals surface area contributed by atoms with Gasteiger partial charge in [0.1, 0.15) is 10.7 Å². The number of sulfonamides is 1. The first-order valence-electron chi connectivity index (χ1n) is 6.10. The molecule has 7 heteroatoms. The monoisotopic (exact) mass is 287 g/mol. The van der Waals surface area contributed by atoms with Crippen molar-refractivity contribution in [1.29, 1.82) is 0 Å². The fourth-order valence-corrected chi connectivity index (χ4v) is 2.86. The van der Waals surface area contributed by atoms with Gasteiger partial charge in [-0.15, -0.1) is 0 Å². The number of nitrogens with zero attached hydrogens (tertiary/aromatic N) is 2. The van der Waals surface area contributed by atoms with E-state index in [1.807, 2.05) is 6.92 Å². The molecule has 0 radical (unpaired) electrons. The summed E-state index contributed by atoms with van der Waals surface area (Å²) in [5, 5.41) is 3.02. The van der Waals surface area contributed by atoms with Crippen LogP contribution < -0.4 is 5.32 Å². The van der Waals surface area contributed by atoms with E-state index in [1.165, 1.54) is 17.5 Å². The van der Waals surface area contributed by atoms with Crippen LogP contribution in [-0.2, 0) is 14.8 Å². The Kier molecular flexibility index (Phi) is 5.71. The lowest BCUT2D eigenvalue weighted by atomic mass is 10.4. The maximum absolute atomic E-state index is 12.3. The molecule has 108 valence electrons. The molecule has 0 saturated heterocycles. The van der Waals surface area contributed by atoms with Crippen molar-refractivity contribution in [1.82, 2.24) is 9.29 Å². The average molecular weight is 287 g/mol. The maximum atomic E-state index is 12.3. The van der Waals surface area contributed by atoms with Crippen LogP contribution in [0.2, 0.25) is 0 Å². The normalized spacial score (nSPS) is 13.5. The largest absolute Gasteiger partial charge is 0.383 e. The fraction of sp³-hybridized carbons (Fsp3) is 0.583. The van der Waals surface area contributed by atoms with Crippen LogP contribution in [0.4, 0.5) is 5.82 Å². The number of methoxy groups -OCH3 is 1. The van der Waals surface area contributed by atoms with Gasteiger partial charge in [-0.05, 0) is 26.0 Å². The van der Waals surface area contributed by atoms with Gasteiger partial charge in [-0.2, -0.15) is 4.31 Å². The highest BCUT2D eigenvalue weighted by atomic mass is 32.2. The fourth-order valence-electron chi connectivity index (χ4n) is 1.57. The SMILES string of the molecule is CCNc1ccc(S(=O)(=O)N(C)C(C)COC)cn1. The van der Waals surface area contributed by atoms with Gasteiger partial charge in [0.15, 0.2) is 0 Å². The summed E-state index contributed by atoms with van der Waals surface area (Å²) >= 11 is 0. The Hall–Kier alpha value is -1.18. The van der Waals surface area contributed by atoms with Crippen molar-refractivity contribution in [2.45, 2.75) is 24.8 Å². The molecule has 1 unspecified atom stereocenters. The van der Waals surface area contributed by atoms with E-state index in [-0.39, 0.29) is 10.9 Å². The second kappa shape index (κ2) is 6.83. The Labute approximate surface area is 114 Å². The van der Waals surface area contributed by atoms with Crippen LogP contribution in [-0.4, -0.2) is 51.1 Å². The zero-order valence-electron chi connectivity index (χ0n) is 11.8. The Bertz CT molecular complexity index is 487. The molecule has 1 atom stereocenters. The molecule has 1 rings (SSSR count). The van der Waals surface area contributed by atoms with Crippen molar-refractivity contribution in [3.05, 3.63) is 18.3 Å². The van der Waals surface area contributed by atoms with Crippen molar-refractivity contribution in [2.75, 3.05) is 32.6 Å². The number of hydrogen-bond acceptors (Lipinski definition) is 5. The molecule has 0 amide bonds. The van der Waals surface area contributed by atoms with Crippen molar-refractivity contribution in [3.8, 4) is 0 Å². The summed E-state index contributed by atoms with van der Waals surface area (Å²) in [6, 6.07) is 2.98. The number of likely N-dealkylation sites (N-methyl/N-ethyl adjacent to an activating group) is 1. The van der Waals surface area contributed by atoms with Crippen molar-refractivity contribution < 1.29 is 13.2 Å². The van der Waals surface area contributed by atoms with Gasteiger partial charge in [-0.25, -0.2) is 13.4 Å². The smallest absolute Gasteiger partial charge is 0.244 e.